The minimum atomic E-state index is 0. The summed E-state index contributed by atoms with van der Waals surface area (Å²) < 4.78 is 0. The molecule has 1 heteroatoms. The molecule has 1 atom stereocenters. The summed E-state index contributed by atoms with van der Waals surface area (Å²) in [5, 5.41) is 0. The number of hydrogen-bond donors (Lipinski definition) is 0. The molecule has 0 spiro atoms. The summed E-state index contributed by atoms with van der Waals surface area (Å²) in [6, 6.07) is 8.72. The van der Waals surface area contributed by atoms with Gasteiger partial charge in [0.1, 0.15) is 0 Å². The molecule has 0 aromatic heterocycles. The van der Waals surface area contributed by atoms with Crippen LogP contribution in [0.3, 0.4) is 0 Å². The maximum atomic E-state index is 2.34. The predicted molar refractivity (Wildman–Crippen MR) is 73.6 cm³/mol. The van der Waals surface area contributed by atoms with Gasteiger partial charge in [0.2, 0.25) is 0 Å². The van der Waals surface area contributed by atoms with Crippen molar-refractivity contribution in [2.24, 2.45) is 0 Å². The van der Waals surface area contributed by atoms with Crippen molar-refractivity contribution < 1.29 is 26.2 Å². The molecule has 0 heterocycles. The topological polar surface area (TPSA) is 0 Å². The first kappa shape index (κ1) is 13.7. The normalized spacial score (nSPS) is 20.2. The Kier molecular flexibility index (Phi) is 4.56. The molecule has 1 aromatic rings. The Balaban J connectivity index is 0.00000120. The quantitative estimate of drug-likeness (QED) is 0.712. The molecule has 18 heavy (non-hydrogen) atoms. The van der Waals surface area contributed by atoms with Crippen molar-refractivity contribution >= 4 is 6.08 Å². The Morgan fingerprint density at radius 1 is 1.22 bits per heavy atom. The summed E-state index contributed by atoms with van der Waals surface area (Å²) in [6.45, 7) is 2.14. The van der Waals surface area contributed by atoms with Crippen LogP contribution in [0.4, 0.5) is 0 Å². The molecular formula is C17H17Zr-. The zero-order valence-corrected chi connectivity index (χ0v) is 13.1. The molecular weight excluding hydrogens is 295 g/mol. The van der Waals surface area contributed by atoms with E-state index in [1.54, 1.807) is 5.57 Å². The van der Waals surface area contributed by atoms with Gasteiger partial charge in [-0.1, -0.05) is 54.1 Å². The van der Waals surface area contributed by atoms with Crippen molar-refractivity contribution in [3.8, 4) is 0 Å². The Bertz CT molecular complexity index is 520. The fraction of sp³-hybridized carbons (Fsp3) is 0.235. The smallest absolute Gasteiger partial charge is 0.0277 e. The molecule has 0 saturated heterocycles. The van der Waals surface area contributed by atoms with E-state index in [1.165, 1.54) is 16.7 Å². The molecule has 0 fully saturated rings. The van der Waals surface area contributed by atoms with Crippen LogP contribution in [0, 0.1) is 6.42 Å². The maximum Gasteiger partial charge on any atom is 0.0277 e. The van der Waals surface area contributed by atoms with Gasteiger partial charge in [0.25, 0.3) is 0 Å². The maximum absolute atomic E-state index is 2.34. The summed E-state index contributed by atoms with van der Waals surface area (Å²) >= 11 is 0. The molecule has 3 rings (SSSR count). The van der Waals surface area contributed by atoms with Gasteiger partial charge in [-0.3, -0.25) is 0 Å². The summed E-state index contributed by atoms with van der Waals surface area (Å²) in [7, 11) is 0. The summed E-state index contributed by atoms with van der Waals surface area (Å²) in [5.41, 5.74) is 5.94. The Morgan fingerprint density at radius 3 is 2.89 bits per heavy atom. The van der Waals surface area contributed by atoms with Gasteiger partial charge in [-0.25, -0.2) is 0 Å². The van der Waals surface area contributed by atoms with E-state index in [9.17, 15) is 0 Å². The zero-order valence-electron chi connectivity index (χ0n) is 10.7. The van der Waals surface area contributed by atoms with Crippen molar-refractivity contribution in [1.29, 1.82) is 0 Å². The standard InChI is InChI=1S/C17H17.Zr/c1-2-6-13-8-5-10-16(13)17-12-11-14-7-3-4-9-15(14)17;/h2-5,7,9-12,17H,6,8H2,1H3;/q-1;. The van der Waals surface area contributed by atoms with Crippen molar-refractivity contribution in [3.05, 3.63) is 71.2 Å². The Labute approximate surface area is 129 Å². The predicted octanol–water partition coefficient (Wildman–Crippen LogP) is 4.67. The van der Waals surface area contributed by atoms with E-state index in [1.807, 2.05) is 0 Å². The van der Waals surface area contributed by atoms with Gasteiger partial charge in [0.15, 0.2) is 0 Å². The number of fused-ring (bicyclic) bond motifs is 1. The molecule has 0 aliphatic heterocycles. The SMILES string of the molecule is C[CH-]CC1=C(C2C=Cc3ccccc32)C=CC1.[Zr]. The fourth-order valence-electron chi connectivity index (χ4n) is 2.86. The van der Waals surface area contributed by atoms with Crippen LogP contribution >= 0.6 is 0 Å². The molecule has 1 unspecified atom stereocenters. The molecule has 2 aliphatic carbocycles. The Hall–Kier alpha value is -0.677. The number of allylic oxidation sites excluding steroid dienone is 5. The van der Waals surface area contributed by atoms with E-state index < -0.39 is 0 Å². The first-order valence-corrected chi connectivity index (χ1v) is 6.33. The second kappa shape index (κ2) is 5.98. The van der Waals surface area contributed by atoms with Gasteiger partial charge >= 0.3 is 0 Å². The van der Waals surface area contributed by atoms with Crippen LogP contribution in [0.15, 0.2) is 53.6 Å². The molecule has 0 radical (unpaired) electrons. The van der Waals surface area contributed by atoms with Crippen LogP contribution < -0.4 is 0 Å². The van der Waals surface area contributed by atoms with Crippen molar-refractivity contribution in [1.82, 2.24) is 0 Å². The van der Waals surface area contributed by atoms with Gasteiger partial charge in [-0.05, 0) is 23.1 Å². The van der Waals surface area contributed by atoms with Crippen molar-refractivity contribution in [2.75, 3.05) is 0 Å². The van der Waals surface area contributed by atoms with E-state index in [2.05, 4.69) is 61.9 Å². The molecule has 1 aromatic carbocycles. The van der Waals surface area contributed by atoms with E-state index in [-0.39, 0.29) is 26.2 Å². The van der Waals surface area contributed by atoms with Gasteiger partial charge in [0.05, 0.1) is 0 Å². The van der Waals surface area contributed by atoms with E-state index >= 15 is 0 Å². The van der Waals surface area contributed by atoms with Crippen LogP contribution in [0.1, 0.15) is 36.8 Å². The third-order valence-electron chi connectivity index (χ3n) is 3.65. The fourth-order valence-corrected chi connectivity index (χ4v) is 2.86. The van der Waals surface area contributed by atoms with E-state index in [0.29, 0.717) is 5.92 Å². The molecule has 0 saturated carbocycles. The van der Waals surface area contributed by atoms with Gasteiger partial charge in [0, 0.05) is 32.1 Å². The van der Waals surface area contributed by atoms with Crippen LogP contribution in [0.2, 0.25) is 0 Å². The third kappa shape index (κ3) is 2.38. The summed E-state index contributed by atoms with van der Waals surface area (Å²) in [5.74, 6) is 0.486. The van der Waals surface area contributed by atoms with Gasteiger partial charge < -0.3 is 6.42 Å². The second-order valence-corrected chi connectivity index (χ2v) is 4.74. The van der Waals surface area contributed by atoms with Crippen molar-refractivity contribution in [2.45, 2.75) is 25.7 Å². The van der Waals surface area contributed by atoms with E-state index in [4.69, 9.17) is 0 Å². The zero-order chi connectivity index (χ0) is 11.7. The molecule has 0 nitrogen and oxygen atoms in total. The Morgan fingerprint density at radius 2 is 2.06 bits per heavy atom. The first-order chi connectivity index (χ1) is 8.40. The monoisotopic (exact) mass is 311 g/mol. The average Bonchev–Trinajstić information content (AvgIpc) is 2.95. The summed E-state index contributed by atoms with van der Waals surface area (Å²) in [6.07, 6.45) is 13.7. The van der Waals surface area contributed by atoms with Gasteiger partial charge in [-0.2, -0.15) is 13.3 Å². The van der Waals surface area contributed by atoms with E-state index in [0.717, 1.165) is 12.8 Å². The van der Waals surface area contributed by atoms with Crippen LogP contribution in [0.25, 0.3) is 6.08 Å². The van der Waals surface area contributed by atoms with Gasteiger partial charge in [-0.15, -0.1) is 0 Å². The van der Waals surface area contributed by atoms with Crippen LogP contribution in [-0.4, -0.2) is 0 Å². The number of benzene rings is 1. The van der Waals surface area contributed by atoms with Crippen molar-refractivity contribution in [3.63, 3.8) is 0 Å². The summed E-state index contributed by atoms with van der Waals surface area (Å²) in [4.78, 5) is 0. The minimum Gasteiger partial charge on any atom is -0.328 e. The second-order valence-electron chi connectivity index (χ2n) is 4.74. The average molecular weight is 313 g/mol. The molecule has 0 N–H and O–H groups in total. The third-order valence-corrected chi connectivity index (χ3v) is 3.65. The molecule has 90 valence electrons. The largest absolute Gasteiger partial charge is 0.328 e. The number of hydrogen-bond acceptors (Lipinski definition) is 0. The first-order valence-electron chi connectivity index (χ1n) is 6.33. The number of rotatable bonds is 3. The minimum absolute atomic E-state index is 0. The van der Waals surface area contributed by atoms with Crippen LogP contribution in [0.5, 0.6) is 0 Å². The van der Waals surface area contributed by atoms with Crippen LogP contribution in [-0.2, 0) is 26.2 Å². The molecule has 2 aliphatic rings. The molecule has 0 bridgehead atoms. The molecule has 0 amide bonds.